The highest BCUT2D eigenvalue weighted by atomic mass is 79.9. The number of carbonyl (C=O) groups excluding carboxylic acids is 1. The van der Waals surface area contributed by atoms with Crippen molar-refractivity contribution in [2.24, 2.45) is 5.73 Å². The Kier molecular flexibility index (Phi) is 4.63. The third kappa shape index (κ3) is 3.77. The van der Waals surface area contributed by atoms with Crippen molar-refractivity contribution in [1.29, 1.82) is 0 Å². The molecule has 1 unspecified atom stereocenters. The number of nitrogens with one attached hydrogen (secondary N) is 1. The summed E-state index contributed by atoms with van der Waals surface area (Å²) in [5.41, 5.74) is 4.80. The van der Waals surface area contributed by atoms with Gasteiger partial charge in [-0.2, -0.15) is 0 Å². The molecule has 4 N–H and O–H groups in total. The van der Waals surface area contributed by atoms with E-state index in [2.05, 4.69) is 20.7 Å². The van der Waals surface area contributed by atoms with Gasteiger partial charge in [-0.3, -0.25) is 4.79 Å². The number of amides is 1. The van der Waals surface area contributed by atoms with E-state index in [4.69, 9.17) is 10.8 Å². The van der Waals surface area contributed by atoms with Crippen molar-refractivity contribution < 1.29 is 18.3 Å². The second-order valence-electron chi connectivity index (χ2n) is 3.20. The van der Waals surface area contributed by atoms with E-state index < -0.39 is 28.6 Å². The summed E-state index contributed by atoms with van der Waals surface area (Å²) in [6.45, 7) is -0.459. The van der Waals surface area contributed by atoms with Crippen LogP contribution >= 0.6 is 15.9 Å². The minimum absolute atomic E-state index is 0.0247. The lowest BCUT2D eigenvalue weighted by atomic mass is 10.3. The maximum absolute atomic E-state index is 11.8. The van der Waals surface area contributed by atoms with E-state index in [0.29, 0.717) is 4.47 Å². The Bertz CT molecular complexity index is 517. The standard InChI is InChI=1S/C9H11BrN2O4S/c10-6-3-1-2-4-8(6)17(15,16)12-5-7(13)9(11)14/h1-4,7,12-13H,5H2,(H2,11,14). The molecule has 8 heteroatoms. The molecule has 1 amide bonds. The maximum Gasteiger partial charge on any atom is 0.247 e. The van der Waals surface area contributed by atoms with Crippen LogP contribution in [0.15, 0.2) is 33.6 Å². The molecule has 0 aliphatic carbocycles. The Hall–Kier alpha value is -0.960. The predicted molar refractivity (Wildman–Crippen MR) is 64.5 cm³/mol. The molecule has 0 fully saturated rings. The molecule has 0 aliphatic rings. The number of hydrogen-bond acceptors (Lipinski definition) is 4. The Morgan fingerprint density at radius 3 is 2.59 bits per heavy atom. The van der Waals surface area contributed by atoms with Crippen molar-refractivity contribution in [3.05, 3.63) is 28.7 Å². The molecular formula is C9H11BrN2O4S. The number of rotatable bonds is 5. The van der Waals surface area contributed by atoms with Gasteiger partial charge in [-0.25, -0.2) is 13.1 Å². The number of aliphatic hydroxyl groups is 1. The first kappa shape index (κ1) is 14.1. The third-order valence-electron chi connectivity index (χ3n) is 1.92. The van der Waals surface area contributed by atoms with Crippen LogP contribution in [0.2, 0.25) is 0 Å². The van der Waals surface area contributed by atoms with Crippen LogP contribution in [0.3, 0.4) is 0 Å². The summed E-state index contributed by atoms with van der Waals surface area (Å²) in [4.78, 5) is 10.6. The van der Waals surface area contributed by atoms with Crippen molar-refractivity contribution in [2.75, 3.05) is 6.54 Å². The van der Waals surface area contributed by atoms with Gasteiger partial charge >= 0.3 is 0 Å². The zero-order valence-corrected chi connectivity index (χ0v) is 11.0. The van der Waals surface area contributed by atoms with E-state index >= 15 is 0 Å². The summed E-state index contributed by atoms with van der Waals surface area (Å²) >= 11 is 3.09. The van der Waals surface area contributed by atoms with Crippen LogP contribution in [0.5, 0.6) is 0 Å². The van der Waals surface area contributed by atoms with Gasteiger partial charge < -0.3 is 10.8 Å². The van der Waals surface area contributed by atoms with Crippen molar-refractivity contribution in [1.82, 2.24) is 4.72 Å². The van der Waals surface area contributed by atoms with Gasteiger partial charge in [0.2, 0.25) is 15.9 Å². The van der Waals surface area contributed by atoms with Crippen LogP contribution in [0, 0.1) is 0 Å². The number of nitrogens with two attached hydrogens (primary N) is 1. The lowest BCUT2D eigenvalue weighted by Crippen LogP contribution is -2.40. The van der Waals surface area contributed by atoms with Gasteiger partial charge in [-0.15, -0.1) is 0 Å². The second-order valence-corrected chi connectivity index (χ2v) is 5.79. The first-order chi connectivity index (χ1) is 7.84. The molecule has 0 bridgehead atoms. The van der Waals surface area contributed by atoms with Crippen LogP contribution in [-0.2, 0) is 14.8 Å². The van der Waals surface area contributed by atoms with Gasteiger partial charge in [-0.05, 0) is 28.1 Å². The number of benzene rings is 1. The lowest BCUT2D eigenvalue weighted by molar-refractivity contribution is -0.125. The van der Waals surface area contributed by atoms with Gasteiger partial charge in [0.1, 0.15) is 6.10 Å². The fraction of sp³-hybridized carbons (Fsp3) is 0.222. The number of aliphatic hydroxyl groups excluding tert-OH is 1. The fourth-order valence-electron chi connectivity index (χ4n) is 1.03. The van der Waals surface area contributed by atoms with Gasteiger partial charge in [-0.1, -0.05) is 12.1 Å². The summed E-state index contributed by atoms with van der Waals surface area (Å²) in [5, 5.41) is 9.09. The number of carbonyl (C=O) groups is 1. The molecule has 0 heterocycles. The largest absolute Gasteiger partial charge is 0.382 e. The van der Waals surface area contributed by atoms with Gasteiger partial charge in [0, 0.05) is 11.0 Å². The monoisotopic (exact) mass is 322 g/mol. The van der Waals surface area contributed by atoms with E-state index in [1.165, 1.54) is 6.07 Å². The minimum atomic E-state index is -3.78. The third-order valence-corrected chi connectivity index (χ3v) is 4.36. The normalized spacial score (nSPS) is 13.3. The van der Waals surface area contributed by atoms with Gasteiger partial charge in [0.05, 0.1) is 4.90 Å². The highest BCUT2D eigenvalue weighted by Gasteiger charge is 2.20. The molecule has 1 aromatic rings. The summed E-state index contributed by atoms with van der Waals surface area (Å²) in [7, 11) is -3.78. The van der Waals surface area contributed by atoms with Crippen LogP contribution in [0.25, 0.3) is 0 Å². The Morgan fingerprint density at radius 2 is 2.06 bits per heavy atom. The smallest absolute Gasteiger partial charge is 0.247 e. The molecule has 0 spiro atoms. The van der Waals surface area contributed by atoms with Crippen molar-refractivity contribution >= 4 is 31.9 Å². The maximum atomic E-state index is 11.8. The average molecular weight is 323 g/mol. The molecule has 94 valence electrons. The summed E-state index contributed by atoms with van der Waals surface area (Å²) in [6.07, 6.45) is -1.55. The zero-order chi connectivity index (χ0) is 13.1. The first-order valence-electron chi connectivity index (χ1n) is 4.56. The lowest BCUT2D eigenvalue weighted by Gasteiger charge is -2.10. The van der Waals surface area contributed by atoms with Crippen molar-refractivity contribution in [3.8, 4) is 0 Å². The van der Waals surface area contributed by atoms with Crippen molar-refractivity contribution in [2.45, 2.75) is 11.0 Å². The molecular weight excluding hydrogens is 312 g/mol. The Labute approximate surface area is 107 Å². The molecule has 6 nitrogen and oxygen atoms in total. The molecule has 0 saturated carbocycles. The van der Waals surface area contributed by atoms with Gasteiger partial charge in [0.15, 0.2) is 0 Å². The highest BCUT2D eigenvalue weighted by Crippen LogP contribution is 2.20. The van der Waals surface area contributed by atoms with E-state index in [-0.39, 0.29) is 4.90 Å². The number of hydrogen-bond donors (Lipinski definition) is 3. The van der Waals surface area contributed by atoms with Crippen LogP contribution in [-0.4, -0.2) is 32.1 Å². The van der Waals surface area contributed by atoms with Gasteiger partial charge in [0.25, 0.3) is 0 Å². The van der Waals surface area contributed by atoms with Crippen LogP contribution < -0.4 is 10.5 Å². The summed E-state index contributed by atoms with van der Waals surface area (Å²) in [6, 6.07) is 6.19. The zero-order valence-electron chi connectivity index (χ0n) is 8.63. The predicted octanol–water partition coefficient (Wildman–Crippen LogP) is -0.426. The summed E-state index contributed by atoms with van der Waals surface area (Å²) < 4.78 is 26.0. The fourth-order valence-corrected chi connectivity index (χ4v) is 3.07. The number of primary amides is 1. The Balaban J connectivity index is 2.84. The summed E-state index contributed by atoms with van der Waals surface area (Å²) in [5.74, 6) is -0.986. The Morgan fingerprint density at radius 1 is 1.47 bits per heavy atom. The van der Waals surface area contributed by atoms with E-state index in [1.807, 2.05) is 0 Å². The first-order valence-corrected chi connectivity index (χ1v) is 6.84. The van der Waals surface area contributed by atoms with Crippen LogP contribution in [0.4, 0.5) is 0 Å². The molecule has 0 radical (unpaired) electrons. The quantitative estimate of drug-likeness (QED) is 0.683. The molecule has 0 aliphatic heterocycles. The molecule has 1 rings (SSSR count). The van der Waals surface area contributed by atoms with Crippen LogP contribution in [0.1, 0.15) is 0 Å². The highest BCUT2D eigenvalue weighted by molar-refractivity contribution is 9.10. The molecule has 0 aromatic heterocycles. The average Bonchev–Trinajstić information content (AvgIpc) is 2.26. The van der Waals surface area contributed by atoms with E-state index in [0.717, 1.165) is 0 Å². The number of halogens is 1. The molecule has 17 heavy (non-hydrogen) atoms. The second kappa shape index (κ2) is 5.58. The number of sulfonamides is 1. The SMILES string of the molecule is NC(=O)C(O)CNS(=O)(=O)c1ccccc1Br. The molecule has 1 aromatic carbocycles. The minimum Gasteiger partial charge on any atom is -0.382 e. The molecule has 0 saturated heterocycles. The van der Waals surface area contributed by atoms with E-state index in [9.17, 15) is 13.2 Å². The van der Waals surface area contributed by atoms with Crippen molar-refractivity contribution in [3.63, 3.8) is 0 Å². The molecule has 1 atom stereocenters. The van der Waals surface area contributed by atoms with E-state index in [1.54, 1.807) is 18.2 Å². The topological polar surface area (TPSA) is 109 Å².